The summed E-state index contributed by atoms with van der Waals surface area (Å²) in [7, 11) is 0. The monoisotopic (exact) mass is 1480 g/mol. The summed E-state index contributed by atoms with van der Waals surface area (Å²) < 4.78 is 63.1. The number of aryl methyl sites for hydroxylation is 6. The Labute approximate surface area is 646 Å². The van der Waals surface area contributed by atoms with Crippen LogP contribution in [0, 0.1) is 0 Å². The van der Waals surface area contributed by atoms with Gasteiger partial charge in [-0.05, 0) is 149 Å². The Bertz CT molecular complexity index is 1570. The number of hydrogen-bond donors (Lipinski definition) is 0. The van der Waals surface area contributed by atoms with Crippen LogP contribution in [0.5, 0.6) is 0 Å². The van der Waals surface area contributed by atoms with Crippen molar-refractivity contribution in [3.8, 4) is 0 Å². The van der Waals surface area contributed by atoms with Crippen LogP contribution in [-0.2, 0) is 95.4 Å². The molecule has 0 spiro atoms. The van der Waals surface area contributed by atoms with Crippen molar-refractivity contribution in [2.75, 3.05) is 198 Å². The smallest absolute Gasteiger partial charge is 0.0701 e. The van der Waals surface area contributed by atoms with Gasteiger partial charge in [0.15, 0.2) is 0 Å². The molecule has 3 aromatic rings. The third kappa shape index (κ3) is 91.5. The number of nitrogens with zero attached hydrogens (tertiary/aromatic N) is 2. The molecular weight excluding hydrogens is 1300 g/mol. The van der Waals surface area contributed by atoms with Gasteiger partial charge in [-0.1, -0.05) is 249 Å². The molecule has 3 aromatic carbocycles. The molecule has 0 amide bonds. The highest BCUT2D eigenvalue weighted by Crippen LogP contribution is 2.11. The standard InChI is InChI=1S/3C12H18.C10H22N2.4C10H22O3.C4H10/c4*1-3-5-11-7-9-12(6-4-2)10-8-11;4*1-3-5-11-7-9-13-10-8-12-6-4-2;1-3-4-2/h3*7-10H,3-6H2,1-2H3;3-10H2,1-2H3;4*3-10H2,1-2H3;3-4H2,1-2H3. The van der Waals surface area contributed by atoms with Crippen LogP contribution in [0.1, 0.15) is 274 Å². The molecule has 14 heteroatoms. The van der Waals surface area contributed by atoms with Crippen LogP contribution in [0.25, 0.3) is 0 Å². The highest BCUT2D eigenvalue weighted by molar-refractivity contribution is 5.24. The van der Waals surface area contributed by atoms with Gasteiger partial charge in [-0.25, -0.2) is 0 Å². The number of benzene rings is 3. The fourth-order valence-corrected chi connectivity index (χ4v) is 9.54. The molecule has 1 heterocycles. The first-order chi connectivity index (χ1) is 51.0. The van der Waals surface area contributed by atoms with E-state index < -0.39 is 0 Å². The van der Waals surface area contributed by atoms with E-state index in [1.165, 1.54) is 175 Å². The maximum atomic E-state index is 5.28. The summed E-state index contributed by atoms with van der Waals surface area (Å²) in [5.41, 5.74) is 8.82. The normalized spacial score (nSPS) is 11.6. The molecule has 0 atom stereocenters. The number of ether oxygens (including phenoxy) is 12. The molecule has 616 valence electrons. The largest absolute Gasteiger partial charge is 0.379 e. The Morgan fingerprint density at radius 3 is 0.385 bits per heavy atom. The summed E-state index contributed by atoms with van der Waals surface area (Å²) >= 11 is 0. The molecule has 0 bridgehead atoms. The van der Waals surface area contributed by atoms with Crippen LogP contribution in [0.4, 0.5) is 0 Å². The van der Waals surface area contributed by atoms with Crippen LogP contribution < -0.4 is 0 Å². The van der Waals surface area contributed by atoms with Crippen molar-refractivity contribution in [3.63, 3.8) is 0 Å². The van der Waals surface area contributed by atoms with Gasteiger partial charge < -0.3 is 66.6 Å². The van der Waals surface area contributed by atoms with Gasteiger partial charge in [-0.15, -0.1) is 0 Å². The van der Waals surface area contributed by atoms with Gasteiger partial charge in [0.2, 0.25) is 0 Å². The Morgan fingerprint density at radius 2 is 0.288 bits per heavy atom. The molecular formula is C90H174N2O12. The average Bonchev–Trinajstić information content (AvgIpc) is 0.979. The maximum Gasteiger partial charge on any atom is 0.0701 e. The van der Waals surface area contributed by atoms with Crippen molar-refractivity contribution in [2.24, 2.45) is 0 Å². The van der Waals surface area contributed by atoms with Gasteiger partial charge >= 0.3 is 0 Å². The SMILES string of the molecule is CCCC.CCCN1CCN(CCC)CC1.CCCOCCOCCOCCC.CCCOCCOCCOCCC.CCCOCCOCCOCCC.CCCOCCOCCOCCC.CCCc1ccc(CCC)cc1.CCCc1ccc(CCC)cc1.CCCc1ccc(CCC)cc1. The predicted molar refractivity (Wildman–Crippen MR) is 449 cm³/mol. The molecule has 1 saturated heterocycles. The van der Waals surface area contributed by atoms with Crippen molar-refractivity contribution < 1.29 is 56.8 Å². The van der Waals surface area contributed by atoms with Gasteiger partial charge in [-0.3, -0.25) is 0 Å². The van der Waals surface area contributed by atoms with Crippen LogP contribution in [-0.4, -0.2) is 208 Å². The fourth-order valence-electron chi connectivity index (χ4n) is 9.54. The van der Waals surface area contributed by atoms with E-state index in [-0.39, 0.29) is 0 Å². The van der Waals surface area contributed by atoms with E-state index >= 15 is 0 Å². The van der Waals surface area contributed by atoms with Crippen LogP contribution in [0.15, 0.2) is 72.8 Å². The molecule has 0 aliphatic carbocycles. The summed E-state index contributed by atoms with van der Waals surface area (Å²) in [4.78, 5) is 5.15. The Balaban J connectivity index is -0.000000356. The van der Waals surface area contributed by atoms with Crippen LogP contribution in [0.2, 0.25) is 0 Å². The number of rotatable bonds is 57. The quantitative estimate of drug-likeness (QED) is 0.0499. The minimum absolute atomic E-state index is 0.676. The van der Waals surface area contributed by atoms with E-state index in [0.29, 0.717) is 106 Å². The van der Waals surface area contributed by atoms with Crippen LogP contribution >= 0.6 is 0 Å². The first-order valence-electron chi connectivity index (χ1n) is 42.6. The molecule has 104 heavy (non-hydrogen) atoms. The van der Waals surface area contributed by atoms with Gasteiger partial charge in [-0.2, -0.15) is 0 Å². The van der Waals surface area contributed by atoms with Crippen molar-refractivity contribution in [1.29, 1.82) is 0 Å². The maximum absolute atomic E-state index is 5.28. The molecule has 1 aliphatic heterocycles. The van der Waals surface area contributed by atoms with Crippen molar-refractivity contribution in [2.45, 2.75) is 279 Å². The van der Waals surface area contributed by atoms with Gasteiger partial charge in [0.1, 0.15) is 0 Å². The van der Waals surface area contributed by atoms with E-state index in [1.54, 1.807) is 0 Å². The third-order valence-corrected chi connectivity index (χ3v) is 15.1. The molecule has 0 saturated carbocycles. The summed E-state index contributed by atoms with van der Waals surface area (Å²) in [5.74, 6) is 0. The highest BCUT2D eigenvalue weighted by atomic mass is 16.6. The number of hydrogen-bond acceptors (Lipinski definition) is 14. The third-order valence-electron chi connectivity index (χ3n) is 15.1. The second kappa shape index (κ2) is 100. The zero-order valence-corrected chi connectivity index (χ0v) is 71.9. The van der Waals surface area contributed by atoms with E-state index in [4.69, 9.17) is 56.8 Å². The molecule has 0 unspecified atom stereocenters. The Hall–Kier alpha value is -2.90. The zero-order chi connectivity index (χ0) is 77.8. The van der Waals surface area contributed by atoms with Crippen molar-refractivity contribution in [3.05, 3.63) is 106 Å². The van der Waals surface area contributed by atoms with E-state index in [9.17, 15) is 0 Å². The molecule has 1 aliphatic rings. The highest BCUT2D eigenvalue weighted by Gasteiger charge is 2.14. The Morgan fingerprint density at radius 1 is 0.163 bits per heavy atom. The zero-order valence-electron chi connectivity index (χ0n) is 71.9. The second-order valence-corrected chi connectivity index (χ2v) is 26.0. The molecule has 0 radical (unpaired) electrons. The fraction of sp³-hybridized carbons (Fsp3) is 0.800. The minimum Gasteiger partial charge on any atom is -0.379 e. The molecule has 4 rings (SSSR count). The second-order valence-electron chi connectivity index (χ2n) is 26.0. The summed E-state index contributed by atoms with van der Waals surface area (Å²) in [6, 6.07) is 27.1. The number of piperazine rings is 1. The van der Waals surface area contributed by atoms with Gasteiger partial charge in [0.25, 0.3) is 0 Å². The lowest BCUT2D eigenvalue weighted by atomic mass is 10.1. The molecule has 0 N–H and O–H groups in total. The van der Waals surface area contributed by atoms with Gasteiger partial charge in [0.05, 0.1) is 106 Å². The van der Waals surface area contributed by atoms with E-state index in [0.717, 1.165) is 104 Å². The molecule has 0 aromatic heterocycles. The molecule has 1 fully saturated rings. The summed E-state index contributed by atoms with van der Waals surface area (Å²) in [6.07, 6.45) is 28.5. The van der Waals surface area contributed by atoms with Crippen molar-refractivity contribution >= 4 is 0 Å². The molecule has 14 nitrogen and oxygen atoms in total. The van der Waals surface area contributed by atoms with E-state index in [1.807, 2.05) is 0 Å². The lowest BCUT2D eigenvalue weighted by Gasteiger charge is -2.34. The first-order valence-corrected chi connectivity index (χ1v) is 42.6. The van der Waals surface area contributed by atoms with Gasteiger partial charge in [0, 0.05) is 79.0 Å². The van der Waals surface area contributed by atoms with Crippen LogP contribution in [0.3, 0.4) is 0 Å². The first kappa shape index (κ1) is 110. The summed E-state index contributed by atoms with van der Waals surface area (Å²) in [5, 5.41) is 0. The predicted octanol–water partition coefficient (Wildman–Crippen LogP) is 21.4. The average molecular weight is 1480 g/mol. The van der Waals surface area contributed by atoms with E-state index in [2.05, 4.69) is 207 Å². The lowest BCUT2D eigenvalue weighted by molar-refractivity contribution is 0.0148. The topological polar surface area (TPSA) is 117 Å². The minimum atomic E-state index is 0.676. The summed E-state index contributed by atoms with van der Waals surface area (Å²) in [6.45, 7) is 64.3. The van der Waals surface area contributed by atoms with Crippen molar-refractivity contribution in [1.82, 2.24) is 9.80 Å². The Kier molecular flexibility index (Phi) is 106. The number of unbranched alkanes of at least 4 members (excludes halogenated alkanes) is 1. The lowest BCUT2D eigenvalue weighted by Crippen LogP contribution is -2.46.